The maximum atomic E-state index is 12.4. The maximum absolute atomic E-state index is 12.4. The molecule has 0 radical (unpaired) electrons. The van der Waals surface area contributed by atoms with Gasteiger partial charge in [-0.05, 0) is 44.0 Å². The molecule has 0 spiro atoms. The summed E-state index contributed by atoms with van der Waals surface area (Å²) in [4.78, 5) is 22.7. The van der Waals surface area contributed by atoms with Crippen molar-refractivity contribution in [3.63, 3.8) is 0 Å². The van der Waals surface area contributed by atoms with Gasteiger partial charge in [-0.2, -0.15) is 0 Å². The highest BCUT2D eigenvalue weighted by Gasteiger charge is 2.28. The summed E-state index contributed by atoms with van der Waals surface area (Å²) in [7, 11) is 1.47. The number of allylic oxidation sites excluding steroid dienone is 2. The van der Waals surface area contributed by atoms with Crippen molar-refractivity contribution in [2.45, 2.75) is 33.3 Å². The summed E-state index contributed by atoms with van der Waals surface area (Å²) in [5.74, 6) is 0.712. The van der Waals surface area contributed by atoms with Crippen LogP contribution in [0.15, 0.2) is 50.7 Å². The maximum Gasteiger partial charge on any atom is 0.291 e. The first-order valence-electron chi connectivity index (χ1n) is 9.22. The van der Waals surface area contributed by atoms with Crippen LogP contribution in [0.3, 0.4) is 0 Å². The molecular weight excluding hydrogens is 374 g/mol. The highest BCUT2D eigenvalue weighted by molar-refractivity contribution is 5.57. The molecule has 7 heteroatoms. The third kappa shape index (κ3) is 4.46. The molecule has 1 aliphatic heterocycles. The Morgan fingerprint density at radius 1 is 1.24 bits per heavy atom. The van der Waals surface area contributed by atoms with E-state index in [-0.39, 0.29) is 23.2 Å². The summed E-state index contributed by atoms with van der Waals surface area (Å²) in [6.07, 6.45) is 4.25. The lowest BCUT2D eigenvalue weighted by molar-refractivity contribution is -0.384. The van der Waals surface area contributed by atoms with Gasteiger partial charge in [0.1, 0.15) is 11.9 Å². The zero-order chi connectivity index (χ0) is 21.1. The van der Waals surface area contributed by atoms with Crippen molar-refractivity contribution in [1.29, 1.82) is 0 Å². The molecule has 0 aliphatic carbocycles. The lowest BCUT2D eigenvalue weighted by Crippen LogP contribution is -2.15. The molecule has 29 heavy (non-hydrogen) atoms. The van der Waals surface area contributed by atoms with Crippen LogP contribution in [0.2, 0.25) is 0 Å². The molecule has 0 unspecified atom stereocenters. The van der Waals surface area contributed by atoms with Crippen molar-refractivity contribution >= 4 is 11.8 Å². The second kappa shape index (κ2) is 8.45. The third-order valence-electron chi connectivity index (χ3n) is 4.88. The van der Waals surface area contributed by atoms with E-state index in [2.05, 4.69) is 0 Å². The van der Waals surface area contributed by atoms with E-state index in [1.807, 2.05) is 19.1 Å². The molecule has 1 aliphatic rings. The van der Waals surface area contributed by atoms with Crippen LogP contribution in [0.5, 0.6) is 5.95 Å². The Labute approximate surface area is 168 Å². The van der Waals surface area contributed by atoms with E-state index in [1.165, 1.54) is 19.2 Å². The summed E-state index contributed by atoms with van der Waals surface area (Å²) in [6.45, 7) is 5.81. The molecular formula is C22H23NO6. The van der Waals surface area contributed by atoms with E-state index in [4.69, 9.17) is 13.9 Å². The van der Waals surface area contributed by atoms with Crippen LogP contribution in [0.1, 0.15) is 41.9 Å². The molecule has 1 atom stereocenters. The first-order valence-corrected chi connectivity index (χ1v) is 9.22. The quantitative estimate of drug-likeness (QED) is 0.538. The van der Waals surface area contributed by atoms with Crippen molar-refractivity contribution in [2.24, 2.45) is 0 Å². The fourth-order valence-corrected chi connectivity index (χ4v) is 3.39. The fraction of sp³-hybridized carbons (Fsp3) is 0.318. The Bertz CT molecular complexity index is 1050. The summed E-state index contributed by atoms with van der Waals surface area (Å²) in [6, 6.07) is 6.39. The smallest absolute Gasteiger partial charge is 0.291 e. The number of nitrogens with zero attached hydrogens (tertiary/aromatic N) is 1. The molecule has 0 bridgehead atoms. The van der Waals surface area contributed by atoms with Crippen LogP contribution < -0.4 is 10.2 Å². The average molecular weight is 397 g/mol. The number of nitro benzene ring substituents is 1. The zero-order valence-corrected chi connectivity index (χ0v) is 16.9. The summed E-state index contributed by atoms with van der Waals surface area (Å²) in [5.41, 5.74) is 3.90. The van der Waals surface area contributed by atoms with Crippen LogP contribution in [-0.4, -0.2) is 18.6 Å². The highest BCUT2D eigenvalue weighted by atomic mass is 16.6. The van der Waals surface area contributed by atoms with Gasteiger partial charge in [0.15, 0.2) is 5.43 Å². The fourth-order valence-electron chi connectivity index (χ4n) is 3.39. The molecule has 1 aromatic heterocycles. The number of methoxy groups -OCH3 is 1. The van der Waals surface area contributed by atoms with Crippen molar-refractivity contribution in [3.05, 3.63) is 84.3 Å². The van der Waals surface area contributed by atoms with Gasteiger partial charge in [0.2, 0.25) is 0 Å². The van der Waals surface area contributed by atoms with Gasteiger partial charge in [0.05, 0.1) is 24.2 Å². The largest absolute Gasteiger partial charge is 0.468 e. The van der Waals surface area contributed by atoms with Gasteiger partial charge < -0.3 is 13.9 Å². The minimum atomic E-state index is -0.418. The Balaban J connectivity index is 1.78. The molecule has 0 N–H and O–H groups in total. The summed E-state index contributed by atoms with van der Waals surface area (Å²) in [5, 5.41) is 10.7. The van der Waals surface area contributed by atoms with Crippen LogP contribution in [0.4, 0.5) is 5.69 Å². The summed E-state index contributed by atoms with van der Waals surface area (Å²) >= 11 is 0. The van der Waals surface area contributed by atoms with Crippen LogP contribution >= 0.6 is 0 Å². The monoisotopic (exact) mass is 397 g/mol. The number of nitro groups is 1. The number of benzene rings is 1. The molecule has 1 fully saturated rings. The SMILES string of the molecule is COc1oc([C@@H]2C/C(=C\C(C)=C\c3ccc([N+](=O)[O-])cc3)CO2)c(C)c(=O)c1C. The van der Waals surface area contributed by atoms with Crippen molar-refractivity contribution in [2.75, 3.05) is 13.7 Å². The van der Waals surface area contributed by atoms with Crippen LogP contribution in [-0.2, 0) is 4.74 Å². The molecule has 0 amide bonds. The van der Waals surface area contributed by atoms with E-state index < -0.39 is 4.92 Å². The molecule has 2 heterocycles. The molecule has 1 saturated heterocycles. The Morgan fingerprint density at radius 2 is 1.93 bits per heavy atom. The van der Waals surface area contributed by atoms with E-state index in [1.54, 1.807) is 26.0 Å². The van der Waals surface area contributed by atoms with Crippen molar-refractivity contribution < 1.29 is 18.8 Å². The predicted molar refractivity (Wildman–Crippen MR) is 109 cm³/mol. The standard InChI is InChI=1S/C22H23NO6/c1-13(9-16-5-7-18(8-6-16)23(25)26)10-17-11-19(28-12-17)21-14(2)20(24)15(3)22(27-4)29-21/h5-10,19H,11-12H2,1-4H3/b13-9+,17-10+/t19-/m0/s1. The molecule has 3 rings (SSSR count). The van der Waals surface area contributed by atoms with Crippen molar-refractivity contribution in [1.82, 2.24) is 0 Å². The number of rotatable bonds is 5. The van der Waals surface area contributed by atoms with Gasteiger partial charge >= 0.3 is 0 Å². The predicted octanol–water partition coefficient (Wildman–Crippen LogP) is 4.66. The topological polar surface area (TPSA) is 91.8 Å². The van der Waals surface area contributed by atoms with Gasteiger partial charge in [-0.1, -0.05) is 17.7 Å². The number of non-ortho nitro benzene ring substituents is 1. The third-order valence-corrected chi connectivity index (χ3v) is 4.88. The van der Waals surface area contributed by atoms with Gasteiger partial charge in [-0.25, -0.2) is 0 Å². The van der Waals surface area contributed by atoms with Crippen molar-refractivity contribution in [3.8, 4) is 5.95 Å². The Hall–Kier alpha value is -3.19. The number of ether oxygens (including phenoxy) is 2. The first-order chi connectivity index (χ1) is 13.8. The van der Waals surface area contributed by atoms with Crippen LogP contribution in [0, 0.1) is 24.0 Å². The molecule has 152 valence electrons. The van der Waals surface area contributed by atoms with E-state index in [0.29, 0.717) is 29.9 Å². The Kier molecular flexibility index (Phi) is 5.98. The van der Waals surface area contributed by atoms with Gasteiger partial charge in [-0.15, -0.1) is 0 Å². The van der Waals surface area contributed by atoms with Gasteiger partial charge in [0.25, 0.3) is 11.6 Å². The zero-order valence-electron chi connectivity index (χ0n) is 16.9. The normalized spacial score (nSPS) is 18.3. The molecule has 0 saturated carbocycles. The lowest BCUT2D eigenvalue weighted by atomic mass is 10.0. The second-order valence-electron chi connectivity index (χ2n) is 7.08. The highest BCUT2D eigenvalue weighted by Crippen LogP contribution is 2.35. The van der Waals surface area contributed by atoms with Gasteiger partial charge in [-0.3, -0.25) is 14.9 Å². The van der Waals surface area contributed by atoms with E-state index in [9.17, 15) is 14.9 Å². The van der Waals surface area contributed by atoms with Crippen LogP contribution in [0.25, 0.3) is 6.08 Å². The number of hydrogen-bond donors (Lipinski definition) is 0. The minimum Gasteiger partial charge on any atom is -0.468 e. The molecule has 7 nitrogen and oxygen atoms in total. The molecule has 1 aromatic carbocycles. The minimum absolute atomic E-state index is 0.0654. The lowest BCUT2D eigenvalue weighted by Gasteiger charge is -2.13. The average Bonchev–Trinajstić information content (AvgIpc) is 3.14. The van der Waals surface area contributed by atoms with Gasteiger partial charge in [0, 0.05) is 24.1 Å². The molecule has 2 aromatic rings. The van der Waals surface area contributed by atoms with E-state index in [0.717, 1.165) is 16.7 Å². The first kappa shape index (κ1) is 20.5. The second-order valence-corrected chi connectivity index (χ2v) is 7.08. The number of hydrogen-bond acceptors (Lipinski definition) is 6. The Morgan fingerprint density at radius 3 is 2.55 bits per heavy atom. The summed E-state index contributed by atoms with van der Waals surface area (Å²) < 4.78 is 16.8. The van der Waals surface area contributed by atoms with E-state index >= 15 is 0 Å².